The predicted molar refractivity (Wildman–Crippen MR) is 137 cm³/mol. The van der Waals surface area contributed by atoms with Crippen LogP contribution in [0.4, 0.5) is 5.13 Å². The van der Waals surface area contributed by atoms with E-state index in [0.717, 1.165) is 48.2 Å². The lowest BCUT2D eigenvalue weighted by Crippen LogP contribution is -2.43. The average Bonchev–Trinajstić information content (AvgIpc) is 3.33. The van der Waals surface area contributed by atoms with Crippen LogP contribution < -0.4 is 5.32 Å². The third-order valence-corrected chi connectivity index (χ3v) is 7.24. The molecule has 2 amide bonds. The van der Waals surface area contributed by atoms with Crippen molar-refractivity contribution in [2.24, 2.45) is 0 Å². The van der Waals surface area contributed by atoms with Gasteiger partial charge in [-0.25, -0.2) is 0 Å². The molecule has 1 N–H and O–H groups in total. The number of aromatic nitrogens is 2. The van der Waals surface area contributed by atoms with Crippen molar-refractivity contribution in [1.82, 2.24) is 15.1 Å². The van der Waals surface area contributed by atoms with E-state index in [2.05, 4.69) is 27.6 Å². The standard InChI is InChI=1S/C27H32N4O2S/c1-20-12-15-22(16-13-20)26-29-30-27(34-26)28-24(32)18-19-31(23-10-6-3-7-11-23)25(33)17-14-21-8-4-2-5-9-21/h2,4-5,8-9,12-13,15-16,23H,3,6-7,10-11,14,17-19H2,1H3,(H,28,30,32). The van der Waals surface area contributed by atoms with Crippen molar-refractivity contribution >= 4 is 28.3 Å². The third kappa shape index (κ3) is 6.73. The Bertz CT molecular complexity index is 1080. The van der Waals surface area contributed by atoms with Gasteiger partial charge in [-0.2, -0.15) is 0 Å². The van der Waals surface area contributed by atoms with Gasteiger partial charge in [0.1, 0.15) is 5.01 Å². The molecule has 0 bridgehead atoms. The monoisotopic (exact) mass is 476 g/mol. The highest BCUT2D eigenvalue weighted by atomic mass is 32.1. The summed E-state index contributed by atoms with van der Waals surface area (Å²) in [6.45, 7) is 2.48. The molecule has 34 heavy (non-hydrogen) atoms. The number of benzene rings is 2. The summed E-state index contributed by atoms with van der Waals surface area (Å²) in [7, 11) is 0. The van der Waals surface area contributed by atoms with Crippen LogP contribution in [0, 0.1) is 6.92 Å². The van der Waals surface area contributed by atoms with Crippen LogP contribution in [0.3, 0.4) is 0 Å². The number of hydrogen-bond acceptors (Lipinski definition) is 5. The number of nitrogens with zero attached hydrogens (tertiary/aromatic N) is 3. The number of nitrogens with one attached hydrogen (secondary N) is 1. The molecule has 1 fully saturated rings. The maximum Gasteiger partial charge on any atom is 0.227 e. The van der Waals surface area contributed by atoms with E-state index in [1.165, 1.54) is 23.3 Å². The molecule has 0 aliphatic heterocycles. The van der Waals surface area contributed by atoms with E-state index in [9.17, 15) is 9.59 Å². The van der Waals surface area contributed by atoms with Crippen molar-refractivity contribution in [3.05, 3.63) is 65.7 Å². The van der Waals surface area contributed by atoms with Crippen LogP contribution in [0.2, 0.25) is 0 Å². The second kappa shape index (κ2) is 11.9. The molecule has 1 aromatic heterocycles. The van der Waals surface area contributed by atoms with Gasteiger partial charge in [0.15, 0.2) is 0 Å². The summed E-state index contributed by atoms with van der Waals surface area (Å²) >= 11 is 1.36. The van der Waals surface area contributed by atoms with Gasteiger partial charge in [-0.3, -0.25) is 9.59 Å². The summed E-state index contributed by atoms with van der Waals surface area (Å²) in [6, 6.07) is 18.4. The van der Waals surface area contributed by atoms with Crippen LogP contribution in [0.1, 0.15) is 56.1 Å². The third-order valence-electron chi connectivity index (χ3n) is 6.36. The number of aryl methyl sites for hydroxylation is 2. The highest BCUT2D eigenvalue weighted by molar-refractivity contribution is 7.18. The molecular formula is C27H32N4O2S. The highest BCUT2D eigenvalue weighted by Crippen LogP contribution is 2.27. The van der Waals surface area contributed by atoms with Gasteiger partial charge in [0.2, 0.25) is 16.9 Å². The molecule has 1 aliphatic carbocycles. The molecule has 0 unspecified atom stereocenters. The average molecular weight is 477 g/mol. The Morgan fingerprint density at radius 1 is 0.971 bits per heavy atom. The zero-order valence-corrected chi connectivity index (χ0v) is 20.5. The van der Waals surface area contributed by atoms with E-state index in [4.69, 9.17) is 0 Å². The van der Waals surface area contributed by atoms with E-state index >= 15 is 0 Å². The summed E-state index contributed by atoms with van der Waals surface area (Å²) in [5.41, 5.74) is 3.33. The molecule has 6 nitrogen and oxygen atoms in total. The van der Waals surface area contributed by atoms with Crippen molar-refractivity contribution in [3.8, 4) is 10.6 Å². The van der Waals surface area contributed by atoms with Crippen molar-refractivity contribution in [1.29, 1.82) is 0 Å². The van der Waals surface area contributed by atoms with Crippen LogP contribution in [-0.4, -0.2) is 39.5 Å². The quantitative estimate of drug-likeness (QED) is 0.434. The Balaban J connectivity index is 1.33. The van der Waals surface area contributed by atoms with Crippen molar-refractivity contribution in [2.45, 2.75) is 64.3 Å². The number of rotatable bonds is 9. The fourth-order valence-corrected chi connectivity index (χ4v) is 5.20. The topological polar surface area (TPSA) is 75.2 Å². The fourth-order valence-electron chi connectivity index (χ4n) is 4.43. The van der Waals surface area contributed by atoms with E-state index in [-0.39, 0.29) is 24.3 Å². The second-order valence-corrected chi connectivity index (χ2v) is 9.92. The Morgan fingerprint density at radius 3 is 2.44 bits per heavy atom. The molecule has 0 saturated heterocycles. The van der Waals surface area contributed by atoms with Crippen LogP contribution in [0.25, 0.3) is 10.6 Å². The van der Waals surface area contributed by atoms with E-state index < -0.39 is 0 Å². The molecule has 1 aliphatic rings. The Hall–Kier alpha value is -3.06. The maximum absolute atomic E-state index is 13.1. The van der Waals surface area contributed by atoms with Gasteiger partial charge in [0.25, 0.3) is 0 Å². The highest BCUT2D eigenvalue weighted by Gasteiger charge is 2.25. The van der Waals surface area contributed by atoms with Crippen molar-refractivity contribution < 1.29 is 9.59 Å². The van der Waals surface area contributed by atoms with Gasteiger partial charge in [0, 0.05) is 31.0 Å². The zero-order chi connectivity index (χ0) is 23.8. The molecule has 1 saturated carbocycles. The first-order chi connectivity index (χ1) is 16.6. The summed E-state index contributed by atoms with van der Waals surface area (Å²) in [6.07, 6.45) is 7.01. The number of anilines is 1. The minimum Gasteiger partial charge on any atom is -0.339 e. The molecule has 2 aromatic carbocycles. The molecule has 3 aromatic rings. The first-order valence-electron chi connectivity index (χ1n) is 12.1. The van der Waals surface area contributed by atoms with Crippen LogP contribution >= 0.6 is 11.3 Å². The molecule has 4 rings (SSSR count). The van der Waals surface area contributed by atoms with Crippen molar-refractivity contribution in [3.63, 3.8) is 0 Å². The number of carbonyl (C=O) groups excluding carboxylic acids is 2. The molecular weight excluding hydrogens is 444 g/mol. The molecule has 0 radical (unpaired) electrons. The summed E-state index contributed by atoms with van der Waals surface area (Å²) in [5.74, 6) is 0.00407. The summed E-state index contributed by atoms with van der Waals surface area (Å²) in [5, 5.41) is 12.5. The Kier molecular flexibility index (Phi) is 8.41. The van der Waals surface area contributed by atoms with Gasteiger partial charge >= 0.3 is 0 Å². The number of amides is 2. The van der Waals surface area contributed by atoms with Gasteiger partial charge in [0.05, 0.1) is 0 Å². The first kappa shape index (κ1) is 24.1. The number of hydrogen-bond donors (Lipinski definition) is 1. The largest absolute Gasteiger partial charge is 0.339 e. The SMILES string of the molecule is Cc1ccc(-c2nnc(NC(=O)CCN(C(=O)CCc3ccccc3)C3CCCCC3)s2)cc1. The van der Waals surface area contributed by atoms with Gasteiger partial charge in [-0.15, -0.1) is 10.2 Å². The molecule has 0 atom stereocenters. The Morgan fingerprint density at radius 2 is 1.71 bits per heavy atom. The summed E-state index contributed by atoms with van der Waals surface area (Å²) in [4.78, 5) is 27.8. The Labute approximate surface area is 205 Å². The van der Waals surface area contributed by atoms with Gasteiger partial charge < -0.3 is 10.2 Å². The van der Waals surface area contributed by atoms with Crippen LogP contribution in [-0.2, 0) is 16.0 Å². The maximum atomic E-state index is 13.1. The van der Waals surface area contributed by atoms with Gasteiger partial charge in [-0.1, -0.05) is 90.8 Å². The van der Waals surface area contributed by atoms with Crippen LogP contribution in [0.5, 0.6) is 0 Å². The second-order valence-electron chi connectivity index (χ2n) is 8.94. The molecule has 0 spiro atoms. The predicted octanol–water partition coefficient (Wildman–Crippen LogP) is 5.64. The van der Waals surface area contributed by atoms with E-state index in [1.807, 2.05) is 54.3 Å². The number of carbonyl (C=O) groups is 2. The fraction of sp³-hybridized carbons (Fsp3) is 0.407. The molecule has 178 valence electrons. The lowest BCUT2D eigenvalue weighted by atomic mass is 9.93. The minimum atomic E-state index is -0.136. The van der Waals surface area contributed by atoms with Gasteiger partial charge in [-0.05, 0) is 31.7 Å². The van der Waals surface area contributed by atoms with E-state index in [0.29, 0.717) is 18.1 Å². The summed E-state index contributed by atoms with van der Waals surface area (Å²) < 4.78 is 0. The molecule has 7 heteroatoms. The lowest BCUT2D eigenvalue weighted by molar-refractivity contribution is -0.134. The van der Waals surface area contributed by atoms with Crippen molar-refractivity contribution in [2.75, 3.05) is 11.9 Å². The lowest BCUT2D eigenvalue weighted by Gasteiger charge is -2.34. The normalized spacial score (nSPS) is 14.0. The smallest absolute Gasteiger partial charge is 0.227 e. The first-order valence-corrected chi connectivity index (χ1v) is 12.9. The zero-order valence-electron chi connectivity index (χ0n) is 19.7. The molecule has 1 heterocycles. The minimum absolute atomic E-state index is 0.136. The van der Waals surface area contributed by atoms with Crippen LogP contribution in [0.15, 0.2) is 54.6 Å². The van der Waals surface area contributed by atoms with E-state index in [1.54, 1.807) is 0 Å².